The molecule has 3 aromatic carbocycles. The van der Waals surface area contributed by atoms with E-state index in [1.165, 1.54) is 12.1 Å². The minimum absolute atomic E-state index is 0.102. The van der Waals surface area contributed by atoms with Gasteiger partial charge in [0.15, 0.2) is 0 Å². The van der Waals surface area contributed by atoms with Crippen LogP contribution in [-0.2, 0) is 9.53 Å². The van der Waals surface area contributed by atoms with Crippen molar-refractivity contribution >= 4 is 11.8 Å². The SMILES string of the molecule is O=C(CNC(=O)c1ccc(-c2ccccc2)cc1)NCC(c1ccc(F)cc1)N1CCOCC1. The van der Waals surface area contributed by atoms with E-state index < -0.39 is 0 Å². The first-order valence-electron chi connectivity index (χ1n) is 11.4. The maximum atomic E-state index is 13.4. The molecule has 6 nitrogen and oxygen atoms in total. The van der Waals surface area contributed by atoms with E-state index >= 15 is 0 Å². The van der Waals surface area contributed by atoms with Gasteiger partial charge in [-0.2, -0.15) is 0 Å². The Balaban J connectivity index is 1.30. The number of amides is 2. The number of rotatable bonds is 8. The van der Waals surface area contributed by atoms with Crippen molar-refractivity contribution < 1.29 is 18.7 Å². The van der Waals surface area contributed by atoms with Crippen LogP contribution in [0.25, 0.3) is 11.1 Å². The summed E-state index contributed by atoms with van der Waals surface area (Å²) in [5.74, 6) is -0.888. The van der Waals surface area contributed by atoms with E-state index in [1.807, 2.05) is 42.5 Å². The second-order valence-electron chi connectivity index (χ2n) is 8.15. The molecule has 1 heterocycles. The molecule has 1 unspecified atom stereocenters. The van der Waals surface area contributed by atoms with Crippen LogP contribution in [-0.4, -0.2) is 56.1 Å². The van der Waals surface area contributed by atoms with Gasteiger partial charge in [-0.3, -0.25) is 14.5 Å². The van der Waals surface area contributed by atoms with Crippen LogP contribution in [0.2, 0.25) is 0 Å². The molecule has 0 radical (unpaired) electrons. The second-order valence-corrected chi connectivity index (χ2v) is 8.15. The summed E-state index contributed by atoms with van der Waals surface area (Å²) in [7, 11) is 0. The summed E-state index contributed by atoms with van der Waals surface area (Å²) in [6.45, 7) is 2.92. The first-order valence-corrected chi connectivity index (χ1v) is 11.4. The average Bonchev–Trinajstić information content (AvgIpc) is 2.89. The lowest BCUT2D eigenvalue weighted by Crippen LogP contribution is -2.45. The maximum absolute atomic E-state index is 13.4. The molecule has 176 valence electrons. The molecule has 1 aliphatic rings. The van der Waals surface area contributed by atoms with Gasteiger partial charge in [0.1, 0.15) is 5.82 Å². The molecule has 34 heavy (non-hydrogen) atoms. The highest BCUT2D eigenvalue weighted by Crippen LogP contribution is 2.22. The molecule has 7 heteroatoms. The van der Waals surface area contributed by atoms with Gasteiger partial charge < -0.3 is 15.4 Å². The largest absolute Gasteiger partial charge is 0.379 e. The molecule has 2 amide bonds. The molecule has 0 bridgehead atoms. The Labute approximate surface area is 198 Å². The normalized spacial score (nSPS) is 14.9. The van der Waals surface area contributed by atoms with Crippen LogP contribution < -0.4 is 10.6 Å². The first kappa shape index (κ1) is 23.6. The number of benzene rings is 3. The Morgan fingerprint density at radius 2 is 1.50 bits per heavy atom. The third kappa shape index (κ3) is 6.27. The molecule has 1 atom stereocenters. The quantitative estimate of drug-likeness (QED) is 0.539. The zero-order valence-corrected chi connectivity index (χ0v) is 18.9. The van der Waals surface area contributed by atoms with E-state index in [4.69, 9.17) is 4.74 Å². The van der Waals surface area contributed by atoms with Crippen molar-refractivity contribution in [3.05, 3.63) is 95.8 Å². The lowest BCUT2D eigenvalue weighted by molar-refractivity contribution is -0.120. The Hall–Kier alpha value is -3.55. The third-order valence-corrected chi connectivity index (χ3v) is 5.90. The minimum Gasteiger partial charge on any atom is -0.379 e. The summed E-state index contributed by atoms with van der Waals surface area (Å²) < 4.78 is 18.8. The minimum atomic E-state index is -0.307. The van der Waals surface area contributed by atoms with E-state index in [0.717, 1.165) is 29.8 Å². The number of hydrogen-bond donors (Lipinski definition) is 2. The number of hydrogen-bond acceptors (Lipinski definition) is 4. The topological polar surface area (TPSA) is 70.7 Å². The number of carbonyl (C=O) groups excluding carboxylic acids is 2. The standard InChI is InChI=1S/C27H28FN3O3/c28-24-12-10-22(11-13-24)25(31-14-16-34-17-15-31)18-29-26(32)19-30-27(33)23-8-6-21(7-9-23)20-4-2-1-3-5-20/h1-13,25H,14-19H2,(H,29,32)(H,30,33). The number of ether oxygens (including phenoxy) is 1. The zero-order valence-electron chi connectivity index (χ0n) is 18.9. The Morgan fingerprint density at radius 3 is 2.18 bits per heavy atom. The molecule has 4 rings (SSSR count). The van der Waals surface area contributed by atoms with Crippen molar-refractivity contribution in [2.24, 2.45) is 0 Å². The van der Waals surface area contributed by atoms with Crippen LogP contribution in [0.4, 0.5) is 4.39 Å². The van der Waals surface area contributed by atoms with Gasteiger partial charge in [0, 0.05) is 25.2 Å². The number of nitrogens with one attached hydrogen (secondary N) is 2. The Bertz CT molecular complexity index is 1080. The molecule has 3 aromatic rings. The van der Waals surface area contributed by atoms with Crippen molar-refractivity contribution in [3.63, 3.8) is 0 Å². The number of nitrogens with zero attached hydrogens (tertiary/aromatic N) is 1. The monoisotopic (exact) mass is 461 g/mol. The van der Waals surface area contributed by atoms with Crippen molar-refractivity contribution in [1.82, 2.24) is 15.5 Å². The number of morpholine rings is 1. The predicted molar refractivity (Wildman–Crippen MR) is 129 cm³/mol. The first-order chi connectivity index (χ1) is 16.6. The van der Waals surface area contributed by atoms with Gasteiger partial charge in [0.25, 0.3) is 5.91 Å². The summed E-state index contributed by atoms with van der Waals surface area (Å²) in [4.78, 5) is 27.2. The molecular formula is C27H28FN3O3. The molecule has 1 aliphatic heterocycles. The fraction of sp³-hybridized carbons (Fsp3) is 0.259. The Kier molecular flexibility index (Phi) is 8.01. The van der Waals surface area contributed by atoms with Crippen LogP contribution >= 0.6 is 0 Å². The van der Waals surface area contributed by atoms with Crippen LogP contribution in [0.5, 0.6) is 0 Å². The van der Waals surface area contributed by atoms with Crippen LogP contribution in [0, 0.1) is 5.82 Å². The van der Waals surface area contributed by atoms with Crippen molar-refractivity contribution in [2.75, 3.05) is 39.4 Å². The Morgan fingerprint density at radius 1 is 0.853 bits per heavy atom. The molecular weight excluding hydrogens is 433 g/mol. The fourth-order valence-corrected chi connectivity index (χ4v) is 4.01. The summed E-state index contributed by atoms with van der Waals surface area (Å²) in [6, 6.07) is 23.4. The average molecular weight is 462 g/mol. The highest BCUT2D eigenvalue weighted by atomic mass is 19.1. The van der Waals surface area contributed by atoms with Crippen molar-refractivity contribution in [3.8, 4) is 11.1 Å². The van der Waals surface area contributed by atoms with Gasteiger partial charge in [0.05, 0.1) is 25.8 Å². The van der Waals surface area contributed by atoms with E-state index in [2.05, 4.69) is 15.5 Å². The van der Waals surface area contributed by atoms with Gasteiger partial charge >= 0.3 is 0 Å². The van der Waals surface area contributed by atoms with Crippen LogP contribution in [0.1, 0.15) is 22.0 Å². The van der Waals surface area contributed by atoms with E-state index in [1.54, 1.807) is 24.3 Å². The highest BCUT2D eigenvalue weighted by molar-refractivity contribution is 5.96. The van der Waals surface area contributed by atoms with Crippen molar-refractivity contribution in [2.45, 2.75) is 6.04 Å². The van der Waals surface area contributed by atoms with Crippen LogP contribution in [0.15, 0.2) is 78.9 Å². The summed E-state index contributed by atoms with van der Waals surface area (Å²) in [5.41, 5.74) is 3.51. The molecule has 0 aromatic heterocycles. The smallest absolute Gasteiger partial charge is 0.251 e. The number of halogens is 1. The maximum Gasteiger partial charge on any atom is 0.251 e. The molecule has 0 saturated carbocycles. The van der Waals surface area contributed by atoms with Gasteiger partial charge in [-0.1, -0.05) is 54.6 Å². The van der Waals surface area contributed by atoms with E-state index in [9.17, 15) is 14.0 Å². The predicted octanol–water partition coefficient (Wildman–Crippen LogP) is 3.41. The summed E-state index contributed by atoms with van der Waals surface area (Å²) in [5, 5.41) is 5.58. The highest BCUT2D eigenvalue weighted by Gasteiger charge is 2.23. The van der Waals surface area contributed by atoms with Crippen LogP contribution in [0.3, 0.4) is 0 Å². The zero-order chi connectivity index (χ0) is 23.8. The van der Waals surface area contributed by atoms with Gasteiger partial charge in [-0.15, -0.1) is 0 Å². The molecule has 0 aliphatic carbocycles. The summed E-state index contributed by atoms with van der Waals surface area (Å²) >= 11 is 0. The van der Waals surface area contributed by atoms with E-state index in [0.29, 0.717) is 25.3 Å². The lowest BCUT2D eigenvalue weighted by atomic mass is 10.0. The van der Waals surface area contributed by atoms with E-state index in [-0.39, 0.29) is 30.2 Å². The lowest BCUT2D eigenvalue weighted by Gasteiger charge is -2.35. The van der Waals surface area contributed by atoms with Crippen molar-refractivity contribution in [1.29, 1.82) is 0 Å². The summed E-state index contributed by atoms with van der Waals surface area (Å²) in [6.07, 6.45) is 0. The molecule has 1 saturated heterocycles. The number of carbonyl (C=O) groups is 2. The third-order valence-electron chi connectivity index (χ3n) is 5.90. The van der Waals surface area contributed by atoms with Gasteiger partial charge in [-0.25, -0.2) is 4.39 Å². The fourth-order valence-electron chi connectivity index (χ4n) is 4.01. The van der Waals surface area contributed by atoms with Gasteiger partial charge in [0.2, 0.25) is 5.91 Å². The molecule has 2 N–H and O–H groups in total. The molecule has 1 fully saturated rings. The molecule has 0 spiro atoms. The second kappa shape index (κ2) is 11.5. The van der Waals surface area contributed by atoms with Gasteiger partial charge in [-0.05, 0) is 41.0 Å².